The number of aliphatic hydroxyl groups is 1. The number of rotatable bonds is 13. The highest BCUT2D eigenvalue weighted by molar-refractivity contribution is 9.10. The Hall–Kier alpha value is -3.10. The number of hydrogen-bond acceptors (Lipinski definition) is 6. The lowest BCUT2D eigenvalue weighted by Gasteiger charge is -2.38. The van der Waals surface area contributed by atoms with Gasteiger partial charge < -0.3 is 14.7 Å². The first kappa shape index (κ1) is 32.3. The van der Waals surface area contributed by atoms with Crippen LogP contribution in [-0.4, -0.2) is 64.1 Å². The topological polar surface area (TPSA) is 48.8 Å². The van der Waals surface area contributed by atoms with Gasteiger partial charge in [-0.2, -0.15) is 11.8 Å². The minimum absolute atomic E-state index is 0.445. The molecule has 2 atom stereocenters. The maximum absolute atomic E-state index is 13.0. The third kappa shape index (κ3) is 7.75. The second kappa shape index (κ2) is 14.8. The molecule has 4 aromatic rings. The van der Waals surface area contributed by atoms with Crippen molar-refractivity contribution in [2.24, 2.45) is 0 Å². The highest BCUT2D eigenvalue weighted by atomic mass is 79.9. The lowest BCUT2D eigenvalue weighted by Crippen LogP contribution is -2.45. The zero-order chi connectivity index (χ0) is 31.1. The molecule has 0 bridgehead atoms. The van der Waals surface area contributed by atoms with E-state index in [1.165, 1.54) is 0 Å². The Morgan fingerprint density at radius 3 is 2.32 bits per heavy atom. The van der Waals surface area contributed by atoms with Gasteiger partial charge in [0.2, 0.25) is 5.88 Å². The first-order chi connectivity index (χ1) is 21.2. The van der Waals surface area contributed by atoms with Crippen LogP contribution in [-0.2, 0) is 5.60 Å². The number of hydrogen-bond donors (Lipinski definition) is 1. The van der Waals surface area contributed by atoms with Gasteiger partial charge in [-0.15, -0.1) is 0 Å². The molecule has 1 aromatic heterocycles. The van der Waals surface area contributed by atoms with Crippen LogP contribution in [0.1, 0.15) is 42.9 Å². The SMILES string of the molecule is C=C(C)Oc1nc2ccc(Br)cc2cc1C(c1ccccc1)C(O)(CSCCCN1CCN(C(=C)C)CC1)c1ccccc1. The van der Waals surface area contributed by atoms with Gasteiger partial charge in [-0.1, -0.05) is 89.8 Å². The van der Waals surface area contributed by atoms with Crippen LogP contribution >= 0.6 is 27.7 Å². The summed E-state index contributed by atoms with van der Waals surface area (Å²) in [5.41, 5.74) is 3.42. The molecule has 7 heteroatoms. The van der Waals surface area contributed by atoms with E-state index in [1.54, 1.807) is 11.8 Å². The van der Waals surface area contributed by atoms with Gasteiger partial charge in [0.05, 0.1) is 11.3 Å². The molecule has 0 amide bonds. The third-order valence-corrected chi connectivity index (χ3v) is 9.95. The van der Waals surface area contributed by atoms with E-state index in [0.717, 1.165) is 82.7 Å². The summed E-state index contributed by atoms with van der Waals surface area (Å²) in [7, 11) is 0. The summed E-state index contributed by atoms with van der Waals surface area (Å²) in [5.74, 6) is 2.04. The number of thioether (sulfide) groups is 1. The van der Waals surface area contributed by atoms with Crippen molar-refractivity contribution in [1.82, 2.24) is 14.8 Å². The molecule has 5 nitrogen and oxygen atoms in total. The summed E-state index contributed by atoms with van der Waals surface area (Å²) >= 11 is 5.43. The molecule has 2 unspecified atom stereocenters. The van der Waals surface area contributed by atoms with Crippen LogP contribution in [0, 0.1) is 0 Å². The lowest BCUT2D eigenvalue weighted by atomic mass is 9.74. The van der Waals surface area contributed by atoms with Gasteiger partial charge in [0, 0.05) is 59.0 Å². The lowest BCUT2D eigenvalue weighted by molar-refractivity contribution is 0.0437. The van der Waals surface area contributed by atoms with E-state index >= 15 is 0 Å². The van der Waals surface area contributed by atoms with Crippen LogP contribution in [0.4, 0.5) is 0 Å². The van der Waals surface area contributed by atoms with Crippen LogP contribution in [0.5, 0.6) is 5.88 Å². The van der Waals surface area contributed by atoms with Gasteiger partial charge >= 0.3 is 0 Å². The van der Waals surface area contributed by atoms with Gasteiger partial charge in [-0.3, -0.25) is 4.90 Å². The zero-order valence-electron chi connectivity index (χ0n) is 25.7. The summed E-state index contributed by atoms with van der Waals surface area (Å²) in [4.78, 5) is 9.85. The Bertz CT molecular complexity index is 1570. The number of allylic oxidation sites excluding steroid dienone is 2. The number of halogens is 1. The molecule has 230 valence electrons. The molecule has 3 aromatic carbocycles. The Balaban J connectivity index is 1.48. The second-order valence-electron chi connectivity index (χ2n) is 11.6. The molecule has 2 heterocycles. The zero-order valence-corrected chi connectivity index (χ0v) is 28.1. The van der Waals surface area contributed by atoms with Gasteiger partial charge in [0.1, 0.15) is 5.60 Å². The number of aromatic nitrogens is 1. The van der Waals surface area contributed by atoms with Crippen LogP contribution in [0.2, 0.25) is 0 Å². The maximum atomic E-state index is 13.0. The third-order valence-electron chi connectivity index (χ3n) is 8.23. The quantitative estimate of drug-likeness (QED) is 0.114. The van der Waals surface area contributed by atoms with Crippen LogP contribution in [0.25, 0.3) is 10.9 Å². The highest BCUT2D eigenvalue weighted by Gasteiger charge is 2.42. The van der Waals surface area contributed by atoms with E-state index in [1.807, 2.05) is 67.6 Å². The molecular weight excluding hydrogens is 630 g/mol. The molecule has 0 saturated carbocycles. The van der Waals surface area contributed by atoms with Crippen LogP contribution < -0.4 is 4.74 Å². The molecule has 1 aliphatic rings. The Labute approximate surface area is 274 Å². The van der Waals surface area contributed by atoms with Crippen molar-refractivity contribution in [3.8, 4) is 5.88 Å². The van der Waals surface area contributed by atoms with Crippen molar-refractivity contribution in [1.29, 1.82) is 0 Å². The van der Waals surface area contributed by atoms with E-state index in [9.17, 15) is 5.11 Å². The summed E-state index contributed by atoms with van der Waals surface area (Å²) in [6.45, 7) is 17.3. The standard InChI is InChI=1S/C37H42BrN3O2S/c1-27(2)41-21-19-40(20-22-41)18-11-23-44-26-37(42,31-14-9-6-10-15-31)35(29-12-7-5-8-13-29)33-25-30-24-32(38)16-17-34(30)39-36(33)43-28(3)4/h5-10,12-17,24-25,35,42H,1,3,11,18-23,26H2,2,4H3. The summed E-state index contributed by atoms with van der Waals surface area (Å²) in [6, 6.07) is 28.4. The fraction of sp³-hybridized carbons (Fsp3) is 0.324. The number of benzene rings is 3. The van der Waals surface area contributed by atoms with Crippen LogP contribution in [0.3, 0.4) is 0 Å². The molecule has 44 heavy (non-hydrogen) atoms. The van der Waals surface area contributed by atoms with Crippen molar-refractivity contribution in [3.63, 3.8) is 0 Å². The first-order valence-corrected chi connectivity index (χ1v) is 17.2. The van der Waals surface area contributed by atoms with Crippen molar-refractivity contribution >= 4 is 38.6 Å². The Morgan fingerprint density at radius 2 is 1.66 bits per heavy atom. The molecule has 1 fully saturated rings. The molecule has 0 aliphatic carbocycles. The van der Waals surface area contributed by atoms with Gasteiger partial charge in [0.25, 0.3) is 0 Å². The first-order valence-electron chi connectivity index (χ1n) is 15.2. The van der Waals surface area contributed by atoms with Gasteiger partial charge in [-0.05, 0) is 68.0 Å². The number of nitrogens with zero attached hydrogens (tertiary/aromatic N) is 3. The fourth-order valence-electron chi connectivity index (χ4n) is 5.99. The smallest absolute Gasteiger partial charge is 0.223 e. The Kier molecular flexibility index (Phi) is 10.9. The van der Waals surface area contributed by atoms with E-state index in [0.29, 0.717) is 17.4 Å². The summed E-state index contributed by atoms with van der Waals surface area (Å²) in [5, 5.41) is 14.0. The molecular formula is C37H42BrN3O2S. The largest absolute Gasteiger partial charge is 0.444 e. The van der Waals surface area contributed by atoms with Crippen molar-refractivity contribution in [3.05, 3.63) is 131 Å². The predicted molar refractivity (Wildman–Crippen MR) is 188 cm³/mol. The molecule has 0 spiro atoms. The fourth-order valence-corrected chi connectivity index (χ4v) is 7.49. The second-order valence-corrected chi connectivity index (χ2v) is 13.6. The average molecular weight is 673 g/mol. The normalized spacial score (nSPS) is 16.0. The molecule has 1 aliphatic heterocycles. The predicted octanol–water partition coefficient (Wildman–Crippen LogP) is 8.20. The van der Waals surface area contributed by atoms with Crippen molar-refractivity contribution < 1.29 is 9.84 Å². The van der Waals surface area contributed by atoms with Gasteiger partial charge in [-0.25, -0.2) is 4.98 Å². The average Bonchev–Trinajstić information content (AvgIpc) is 3.02. The summed E-state index contributed by atoms with van der Waals surface area (Å²) < 4.78 is 7.17. The summed E-state index contributed by atoms with van der Waals surface area (Å²) in [6.07, 6.45) is 1.06. The van der Waals surface area contributed by atoms with E-state index in [2.05, 4.69) is 70.1 Å². The molecule has 1 saturated heterocycles. The molecule has 1 N–H and O–H groups in total. The van der Waals surface area contributed by atoms with Crippen LogP contribution in [0.15, 0.2) is 114 Å². The Morgan fingerprint density at radius 1 is 0.977 bits per heavy atom. The number of fused-ring (bicyclic) bond motifs is 1. The number of piperazine rings is 1. The number of ether oxygens (including phenoxy) is 1. The monoisotopic (exact) mass is 671 g/mol. The van der Waals surface area contributed by atoms with E-state index in [-0.39, 0.29) is 0 Å². The van der Waals surface area contributed by atoms with E-state index < -0.39 is 11.5 Å². The maximum Gasteiger partial charge on any atom is 0.223 e. The molecule has 0 radical (unpaired) electrons. The van der Waals surface area contributed by atoms with Gasteiger partial charge in [0.15, 0.2) is 0 Å². The molecule has 5 rings (SSSR count). The van der Waals surface area contributed by atoms with E-state index in [4.69, 9.17) is 9.72 Å². The van der Waals surface area contributed by atoms with Crippen molar-refractivity contribution in [2.45, 2.75) is 31.8 Å². The minimum atomic E-state index is -1.24. The van der Waals surface area contributed by atoms with Crippen molar-refractivity contribution in [2.75, 3.05) is 44.2 Å². The minimum Gasteiger partial charge on any atom is -0.444 e. The highest BCUT2D eigenvalue weighted by Crippen LogP contribution is 2.47. The number of pyridine rings is 1.